The highest BCUT2D eigenvalue weighted by Gasteiger charge is 2.08. The molecular weight excluding hydrogens is 221 g/mol. The van der Waals surface area contributed by atoms with Gasteiger partial charge in [-0.2, -0.15) is 0 Å². The lowest BCUT2D eigenvalue weighted by atomic mass is 10.1. The lowest BCUT2D eigenvalue weighted by Crippen LogP contribution is -1.95. The standard InChI is InChI=1S/C10H9ClFNO2/c1-15-5-7-2-8(4-13-6-14)10(12)9(11)3-7/h2-3H,4-5H2,1H3. The molecule has 15 heavy (non-hydrogen) atoms. The van der Waals surface area contributed by atoms with Crippen LogP contribution in [-0.4, -0.2) is 13.2 Å². The van der Waals surface area contributed by atoms with E-state index in [4.69, 9.17) is 16.3 Å². The van der Waals surface area contributed by atoms with Gasteiger partial charge in [0.25, 0.3) is 0 Å². The maximum Gasteiger partial charge on any atom is 0.235 e. The van der Waals surface area contributed by atoms with Crippen LogP contribution in [-0.2, 0) is 22.7 Å². The number of methoxy groups -OCH3 is 1. The number of isocyanates is 1. The third kappa shape index (κ3) is 3.13. The third-order valence-corrected chi connectivity index (χ3v) is 2.06. The zero-order valence-electron chi connectivity index (χ0n) is 8.09. The Balaban J connectivity index is 3.06. The molecule has 0 aliphatic carbocycles. The van der Waals surface area contributed by atoms with Crippen molar-refractivity contribution in [2.24, 2.45) is 4.99 Å². The summed E-state index contributed by atoms with van der Waals surface area (Å²) in [6, 6.07) is 3.04. The van der Waals surface area contributed by atoms with Crippen molar-refractivity contribution in [3.8, 4) is 0 Å². The molecule has 1 aromatic rings. The fourth-order valence-electron chi connectivity index (χ4n) is 1.19. The fourth-order valence-corrected chi connectivity index (χ4v) is 1.45. The van der Waals surface area contributed by atoms with Gasteiger partial charge in [0.15, 0.2) is 0 Å². The normalized spacial score (nSPS) is 9.80. The number of aliphatic imine (C=N–C) groups is 1. The minimum absolute atomic E-state index is 0.000601. The Kier molecular flexibility index (Phi) is 4.43. The minimum Gasteiger partial charge on any atom is -0.380 e. The Morgan fingerprint density at radius 2 is 2.33 bits per heavy atom. The molecule has 0 aliphatic heterocycles. The van der Waals surface area contributed by atoms with Crippen molar-refractivity contribution < 1.29 is 13.9 Å². The van der Waals surface area contributed by atoms with E-state index in [1.165, 1.54) is 19.3 Å². The van der Waals surface area contributed by atoms with E-state index in [2.05, 4.69) is 4.99 Å². The van der Waals surface area contributed by atoms with E-state index in [1.807, 2.05) is 0 Å². The molecule has 0 N–H and O–H groups in total. The molecule has 1 aromatic carbocycles. The van der Waals surface area contributed by atoms with E-state index in [9.17, 15) is 9.18 Å². The second-order valence-corrected chi connectivity index (χ2v) is 3.30. The number of nitrogens with zero attached hydrogens (tertiary/aromatic N) is 1. The van der Waals surface area contributed by atoms with E-state index in [0.29, 0.717) is 6.61 Å². The zero-order valence-corrected chi connectivity index (χ0v) is 8.84. The zero-order chi connectivity index (χ0) is 11.3. The summed E-state index contributed by atoms with van der Waals surface area (Å²) in [6.07, 6.45) is 1.35. The number of benzene rings is 1. The molecule has 1 rings (SSSR count). The smallest absolute Gasteiger partial charge is 0.235 e. The van der Waals surface area contributed by atoms with Gasteiger partial charge in [0, 0.05) is 12.7 Å². The molecule has 0 atom stereocenters. The fraction of sp³-hybridized carbons (Fsp3) is 0.300. The molecule has 0 unspecified atom stereocenters. The van der Waals surface area contributed by atoms with Gasteiger partial charge in [-0.25, -0.2) is 14.2 Å². The number of carbonyl (C=O) groups excluding carboxylic acids is 1. The summed E-state index contributed by atoms with van der Waals surface area (Å²) in [5.74, 6) is -0.560. The van der Waals surface area contributed by atoms with E-state index >= 15 is 0 Å². The van der Waals surface area contributed by atoms with Crippen LogP contribution in [0.25, 0.3) is 0 Å². The topological polar surface area (TPSA) is 38.7 Å². The Morgan fingerprint density at radius 3 is 2.93 bits per heavy atom. The quantitative estimate of drug-likeness (QED) is 0.588. The maximum absolute atomic E-state index is 13.4. The molecule has 80 valence electrons. The second kappa shape index (κ2) is 5.61. The summed E-state index contributed by atoms with van der Waals surface area (Å²) in [6.45, 7) is 0.268. The van der Waals surface area contributed by atoms with E-state index in [-0.39, 0.29) is 17.1 Å². The summed E-state index contributed by atoms with van der Waals surface area (Å²) in [5, 5.41) is 0.000601. The van der Waals surface area contributed by atoms with Crippen molar-refractivity contribution in [1.29, 1.82) is 0 Å². The van der Waals surface area contributed by atoms with Gasteiger partial charge in [-0.15, -0.1) is 0 Å². The van der Waals surface area contributed by atoms with Crippen LogP contribution in [0.15, 0.2) is 17.1 Å². The van der Waals surface area contributed by atoms with Gasteiger partial charge in [-0.1, -0.05) is 11.6 Å². The summed E-state index contributed by atoms with van der Waals surface area (Å²) < 4.78 is 18.3. The number of rotatable bonds is 4. The average molecular weight is 230 g/mol. The van der Waals surface area contributed by atoms with Crippen molar-refractivity contribution in [3.05, 3.63) is 34.1 Å². The van der Waals surface area contributed by atoms with Crippen LogP contribution in [0.2, 0.25) is 5.02 Å². The number of hydrogen-bond acceptors (Lipinski definition) is 3. The van der Waals surface area contributed by atoms with E-state index in [0.717, 1.165) is 5.56 Å². The summed E-state index contributed by atoms with van der Waals surface area (Å²) in [5.41, 5.74) is 0.998. The van der Waals surface area contributed by atoms with Crippen LogP contribution in [0.5, 0.6) is 0 Å². The first kappa shape index (κ1) is 11.9. The summed E-state index contributed by atoms with van der Waals surface area (Å²) in [4.78, 5) is 13.2. The highest BCUT2D eigenvalue weighted by Crippen LogP contribution is 2.22. The molecule has 0 fully saturated rings. The summed E-state index contributed by atoms with van der Waals surface area (Å²) in [7, 11) is 1.53. The van der Waals surface area contributed by atoms with E-state index < -0.39 is 5.82 Å². The highest BCUT2D eigenvalue weighted by atomic mass is 35.5. The van der Waals surface area contributed by atoms with Crippen molar-refractivity contribution in [2.75, 3.05) is 7.11 Å². The molecule has 0 aromatic heterocycles. The van der Waals surface area contributed by atoms with Crippen molar-refractivity contribution in [3.63, 3.8) is 0 Å². The predicted octanol–water partition coefficient (Wildman–Crippen LogP) is 2.46. The van der Waals surface area contributed by atoms with Crippen LogP contribution in [0.1, 0.15) is 11.1 Å². The second-order valence-electron chi connectivity index (χ2n) is 2.89. The number of halogens is 2. The van der Waals surface area contributed by atoms with Gasteiger partial charge in [0.2, 0.25) is 6.08 Å². The average Bonchev–Trinajstić information content (AvgIpc) is 2.21. The van der Waals surface area contributed by atoms with Gasteiger partial charge in [0.05, 0.1) is 18.2 Å². The van der Waals surface area contributed by atoms with Gasteiger partial charge in [0.1, 0.15) is 5.82 Å². The van der Waals surface area contributed by atoms with Gasteiger partial charge in [-0.05, 0) is 17.7 Å². The Morgan fingerprint density at radius 1 is 1.60 bits per heavy atom. The Hall–Kier alpha value is -1.22. The van der Waals surface area contributed by atoms with Crippen molar-refractivity contribution >= 4 is 17.7 Å². The molecule has 0 heterocycles. The Labute approximate surface area is 91.5 Å². The van der Waals surface area contributed by atoms with Gasteiger partial charge in [-0.3, -0.25) is 0 Å². The lowest BCUT2D eigenvalue weighted by Gasteiger charge is -2.05. The SMILES string of the molecule is COCc1cc(Cl)c(F)c(CN=C=O)c1. The van der Waals surface area contributed by atoms with Crippen LogP contribution in [0.4, 0.5) is 4.39 Å². The first-order valence-electron chi connectivity index (χ1n) is 4.18. The van der Waals surface area contributed by atoms with Crippen LogP contribution in [0, 0.1) is 5.82 Å². The third-order valence-electron chi connectivity index (χ3n) is 1.79. The summed E-state index contributed by atoms with van der Waals surface area (Å²) >= 11 is 5.66. The number of hydrogen-bond donors (Lipinski definition) is 0. The molecule has 0 radical (unpaired) electrons. The molecule has 0 bridgehead atoms. The first-order valence-corrected chi connectivity index (χ1v) is 4.56. The molecule has 0 spiro atoms. The molecule has 0 saturated heterocycles. The molecule has 5 heteroatoms. The minimum atomic E-state index is -0.560. The van der Waals surface area contributed by atoms with Crippen LogP contribution in [0.3, 0.4) is 0 Å². The van der Waals surface area contributed by atoms with Crippen molar-refractivity contribution in [2.45, 2.75) is 13.2 Å². The molecular formula is C10H9ClFNO2. The largest absolute Gasteiger partial charge is 0.380 e. The highest BCUT2D eigenvalue weighted by molar-refractivity contribution is 6.30. The first-order chi connectivity index (χ1) is 7.19. The van der Waals surface area contributed by atoms with E-state index in [1.54, 1.807) is 6.07 Å². The molecule has 0 amide bonds. The monoisotopic (exact) mass is 229 g/mol. The number of ether oxygens (including phenoxy) is 1. The Bertz CT molecular complexity index is 403. The van der Waals surface area contributed by atoms with Crippen LogP contribution < -0.4 is 0 Å². The lowest BCUT2D eigenvalue weighted by molar-refractivity contribution is 0.185. The van der Waals surface area contributed by atoms with Gasteiger partial charge < -0.3 is 4.74 Å². The maximum atomic E-state index is 13.4. The van der Waals surface area contributed by atoms with Crippen molar-refractivity contribution in [1.82, 2.24) is 0 Å². The van der Waals surface area contributed by atoms with Crippen LogP contribution >= 0.6 is 11.6 Å². The molecule has 0 aliphatic rings. The molecule has 3 nitrogen and oxygen atoms in total. The van der Waals surface area contributed by atoms with Gasteiger partial charge >= 0.3 is 0 Å². The molecule has 0 saturated carbocycles. The predicted molar refractivity (Wildman–Crippen MR) is 53.9 cm³/mol.